The summed E-state index contributed by atoms with van der Waals surface area (Å²) >= 11 is 1.75. The van der Waals surface area contributed by atoms with Gasteiger partial charge in [-0.15, -0.1) is 11.3 Å². The molecule has 0 amide bonds. The van der Waals surface area contributed by atoms with E-state index in [0.717, 1.165) is 40.7 Å². The third-order valence-corrected chi connectivity index (χ3v) is 11.9. The molecular weight excluding hydrogens is 878 g/mol. The number of hydrogen-bond donors (Lipinski definition) is 0. The second-order valence-corrected chi connectivity index (χ2v) is 24.9. The van der Waals surface area contributed by atoms with Crippen LogP contribution in [0.25, 0.3) is 0 Å². The Morgan fingerprint density at radius 2 is 1.01 bits per heavy atom. The number of alkyl halides is 3. The Kier molecular flexibility index (Phi) is 19.1. The second kappa shape index (κ2) is 22.4. The zero-order chi connectivity index (χ0) is 51.8. The highest BCUT2D eigenvalue weighted by Crippen LogP contribution is 2.41. The molecule has 6 aromatic rings. The van der Waals surface area contributed by atoms with Gasteiger partial charge in [-0.1, -0.05) is 47.6 Å². The number of hydrogen-bond acceptors (Lipinski definition) is 7. The van der Waals surface area contributed by atoms with Crippen molar-refractivity contribution >= 4 is 11.3 Å². The first-order chi connectivity index (χ1) is 30.9. The zero-order valence-electron chi connectivity index (χ0n) is 45.4. The van der Waals surface area contributed by atoms with E-state index in [0.29, 0.717) is 0 Å². The number of nitrogens with zero attached hydrogens (tertiary/aromatic N) is 10. The Balaban J connectivity index is 0.000000217. The van der Waals surface area contributed by atoms with E-state index < -0.39 is 17.4 Å². The number of rotatable bonds is 2. The van der Waals surface area contributed by atoms with E-state index in [1.54, 1.807) is 32.1 Å². The molecule has 2 aliphatic rings. The number of aromatic nitrogens is 10. The summed E-state index contributed by atoms with van der Waals surface area (Å²) < 4.78 is 43.8. The van der Waals surface area contributed by atoms with Crippen LogP contribution in [0.5, 0.6) is 0 Å². The van der Waals surface area contributed by atoms with E-state index in [1.165, 1.54) is 53.0 Å². The van der Waals surface area contributed by atoms with Crippen molar-refractivity contribution in [2.75, 3.05) is 0 Å². The molecule has 10 nitrogen and oxygen atoms in total. The van der Waals surface area contributed by atoms with Crippen molar-refractivity contribution in [2.45, 2.75) is 222 Å². The standard InChI is InChI=1S/2C10H16N2.C10H15N.C8H11F3N2.C8H14N2.C8H13NS/c1-10(2,3)12-7-6-9(11-12)8-4-5-8;1-10(2,3)12-9(6-7-11-12)8-4-5-8;1-8-6-5-7-9(11-8)10(2,3)4;1-7(2,3)13-5-4-6(12-13)8(9,10)11;1-7-5-6-10(9-7)8(2,3)4;1-6-5-10-7(9-6)8(2,3)4/h2*6-8H,4-5H2,1-3H3;5-7H,1-4H3;4-5H,1-3H3;5-6H,1-4H3;5H,1-4H3. The summed E-state index contributed by atoms with van der Waals surface area (Å²) in [6.07, 6.45) is 8.37. The fourth-order valence-electron chi connectivity index (χ4n) is 6.17. The van der Waals surface area contributed by atoms with Crippen molar-refractivity contribution in [3.8, 4) is 0 Å². The van der Waals surface area contributed by atoms with Gasteiger partial charge < -0.3 is 0 Å². The molecule has 0 aliphatic heterocycles. The Hall–Kier alpha value is -4.59. The lowest BCUT2D eigenvalue weighted by atomic mass is 9.91. The Labute approximate surface area is 411 Å². The van der Waals surface area contributed by atoms with Crippen molar-refractivity contribution in [1.29, 1.82) is 0 Å². The molecule has 0 aromatic carbocycles. The van der Waals surface area contributed by atoms with Crippen LogP contribution >= 0.6 is 11.3 Å². The lowest BCUT2D eigenvalue weighted by Gasteiger charge is -2.22. The maximum absolute atomic E-state index is 12.1. The quantitative estimate of drug-likeness (QED) is 0.171. The van der Waals surface area contributed by atoms with E-state index in [9.17, 15) is 13.2 Å². The van der Waals surface area contributed by atoms with Gasteiger partial charge in [0.1, 0.15) is 0 Å². The van der Waals surface area contributed by atoms with Gasteiger partial charge in [-0.05, 0) is 166 Å². The Bertz CT molecular complexity index is 2330. The maximum atomic E-state index is 12.1. The first-order valence-electron chi connectivity index (χ1n) is 24.0. The molecule has 2 aliphatic carbocycles. The minimum atomic E-state index is -4.35. The topological polar surface area (TPSA) is 97.1 Å². The number of thiazole rings is 1. The molecule has 0 saturated heterocycles. The van der Waals surface area contributed by atoms with Crippen molar-refractivity contribution in [3.63, 3.8) is 0 Å². The molecule has 0 spiro atoms. The lowest BCUT2D eigenvalue weighted by Crippen LogP contribution is -2.24. The molecular formula is C54H85F3N10S. The molecule has 378 valence electrons. The smallest absolute Gasteiger partial charge is 0.267 e. The maximum Gasteiger partial charge on any atom is 0.435 e. The van der Waals surface area contributed by atoms with Crippen LogP contribution in [-0.2, 0) is 39.2 Å². The molecule has 6 heterocycles. The summed E-state index contributed by atoms with van der Waals surface area (Å²) in [7, 11) is 0. The van der Waals surface area contributed by atoms with E-state index in [1.807, 2.05) is 50.0 Å². The third-order valence-electron chi connectivity index (χ3n) is 10.5. The summed E-state index contributed by atoms with van der Waals surface area (Å²) in [5.41, 5.74) is 6.70. The lowest BCUT2D eigenvalue weighted by molar-refractivity contribution is -0.141. The monoisotopic (exact) mass is 963 g/mol. The first-order valence-corrected chi connectivity index (χ1v) is 24.9. The summed E-state index contributed by atoms with van der Waals surface area (Å²) in [6.45, 7) is 44.1. The van der Waals surface area contributed by atoms with Crippen LogP contribution in [-0.4, -0.2) is 49.1 Å². The van der Waals surface area contributed by atoms with Crippen LogP contribution in [0, 0.1) is 20.8 Å². The minimum absolute atomic E-state index is 0.119. The van der Waals surface area contributed by atoms with Gasteiger partial charge in [0.15, 0.2) is 5.69 Å². The van der Waals surface area contributed by atoms with Crippen LogP contribution in [0.2, 0.25) is 0 Å². The third kappa shape index (κ3) is 19.4. The highest BCUT2D eigenvalue weighted by atomic mass is 32.1. The average molecular weight is 963 g/mol. The van der Waals surface area contributed by atoms with Crippen molar-refractivity contribution in [1.82, 2.24) is 49.1 Å². The normalized spacial score (nSPS) is 14.4. The fourth-order valence-corrected chi connectivity index (χ4v) is 7.05. The van der Waals surface area contributed by atoms with Gasteiger partial charge in [0.05, 0.1) is 38.6 Å². The second-order valence-electron chi connectivity index (χ2n) is 24.1. The predicted octanol–water partition coefficient (Wildman–Crippen LogP) is 15.1. The van der Waals surface area contributed by atoms with E-state index in [-0.39, 0.29) is 27.4 Å². The van der Waals surface area contributed by atoms with Gasteiger partial charge >= 0.3 is 6.18 Å². The van der Waals surface area contributed by atoms with Gasteiger partial charge in [0.25, 0.3) is 0 Å². The largest absolute Gasteiger partial charge is 0.435 e. The Morgan fingerprint density at radius 3 is 1.34 bits per heavy atom. The van der Waals surface area contributed by atoms with Gasteiger partial charge in [0, 0.05) is 75.6 Å². The fraction of sp³-hybridized carbons (Fsp3) is 0.630. The molecule has 0 atom stereocenters. The van der Waals surface area contributed by atoms with Crippen LogP contribution < -0.4 is 0 Å². The van der Waals surface area contributed by atoms with E-state index >= 15 is 0 Å². The van der Waals surface area contributed by atoms with Gasteiger partial charge in [-0.25, -0.2) is 4.98 Å². The van der Waals surface area contributed by atoms with Crippen LogP contribution in [0.15, 0.2) is 72.6 Å². The molecule has 0 bridgehead atoms. The molecule has 2 fully saturated rings. The van der Waals surface area contributed by atoms with Gasteiger partial charge in [-0.2, -0.15) is 33.6 Å². The van der Waals surface area contributed by atoms with Crippen molar-refractivity contribution < 1.29 is 13.2 Å². The molecule has 6 aromatic heterocycles. The van der Waals surface area contributed by atoms with Crippen LogP contribution in [0.3, 0.4) is 0 Å². The Morgan fingerprint density at radius 1 is 0.500 bits per heavy atom. The SMILES string of the molecule is CC(C)(C)n1ccc(C(F)(F)F)n1.CC(C)(C)n1ccc(C2CC2)n1.CC(C)(C)n1nccc1C1CC1.Cc1cccc(C(C)(C)C)n1.Cc1ccn(C(C)(C)C)n1.Cc1csc(C(C)(C)C)n1. The van der Waals surface area contributed by atoms with Crippen LogP contribution in [0.4, 0.5) is 13.2 Å². The van der Waals surface area contributed by atoms with Crippen molar-refractivity contribution in [3.05, 3.63) is 117 Å². The van der Waals surface area contributed by atoms with Crippen LogP contribution in [0.1, 0.15) is 207 Å². The average Bonchev–Trinajstić information content (AvgIpc) is 3.76. The van der Waals surface area contributed by atoms with Crippen molar-refractivity contribution in [2.24, 2.45) is 0 Å². The molecule has 0 radical (unpaired) electrons. The number of halogens is 3. The van der Waals surface area contributed by atoms with E-state index in [4.69, 9.17) is 0 Å². The predicted molar refractivity (Wildman–Crippen MR) is 276 cm³/mol. The highest BCUT2D eigenvalue weighted by molar-refractivity contribution is 7.09. The molecule has 0 unspecified atom stereocenters. The summed E-state index contributed by atoms with van der Waals surface area (Å²) in [5.74, 6) is 1.57. The highest BCUT2D eigenvalue weighted by Gasteiger charge is 2.34. The molecule has 0 N–H and O–H groups in total. The number of aryl methyl sites for hydroxylation is 3. The first kappa shape index (κ1) is 57.7. The minimum Gasteiger partial charge on any atom is -0.267 e. The summed E-state index contributed by atoms with van der Waals surface area (Å²) in [6, 6.07) is 13.5. The number of pyridine rings is 1. The summed E-state index contributed by atoms with van der Waals surface area (Å²) in [5, 5.41) is 20.0. The summed E-state index contributed by atoms with van der Waals surface area (Å²) in [4.78, 5) is 8.84. The molecule has 2 saturated carbocycles. The van der Waals surface area contributed by atoms with Gasteiger partial charge in [-0.3, -0.25) is 23.7 Å². The zero-order valence-corrected chi connectivity index (χ0v) is 46.2. The van der Waals surface area contributed by atoms with Gasteiger partial charge in [0.2, 0.25) is 0 Å². The molecule has 68 heavy (non-hydrogen) atoms. The molecule has 14 heteroatoms. The van der Waals surface area contributed by atoms with E-state index in [2.05, 4.69) is 179 Å². The molecule has 8 rings (SSSR count).